The van der Waals surface area contributed by atoms with Gasteiger partial charge in [-0.25, -0.2) is 0 Å². The largest absolute Gasteiger partial charge is 0.389 e. The normalized spacial score (nSPS) is 29.8. The third-order valence-electron chi connectivity index (χ3n) is 4.55. The van der Waals surface area contributed by atoms with Crippen LogP contribution in [0.25, 0.3) is 0 Å². The summed E-state index contributed by atoms with van der Waals surface area (Å²) in [5.41, 5.74) is 5.33. The molecule has 1 aliphatic heterocycles. The van der Waals surface area contributed by atoms with E-state index in [4.69, 9.17) is 10.5 Å². The standard InChI is InChI=1S/C12H23NO2/c1-2-12(14,10-3-4-10)11(9-13)5-7-15-8-6-11/h10,14H,2-9,13H2,1H3. The fourth-order valence-electron chi connectivity index (χ4n) is 3.23. The van der Waals surface area contributed by atoms with Gasteiger partial charge in [0.05, 0.1) is 5.60 Å². The summed E-state index contributed by atoms with van der Waals surface area (Å²) >= 11 is 0. The lowest BCUT2D eigenvalue weighted by Crippen LogP contribution is -2.56. The molecule has 0 aromatic heterocycles. The highest BCUT2D eigenvalue weighted by Crippen LogP contribution is 2.54. The number of hydrogen-bond acceptors (Lipinski definition) is 3. The first-order valence-electron chi connectivity index (χ1n) is 6.19. The van der Waals surface area contributed by atoms with Crippen LogP contribution in [0.1, 0.15) is 39.0 Å². The minimum Gasteiger partial charge on any atom is -0.389 e. The van der Waals surface area contributed by atoms with Gasteiger partial charge < -0.3 is 15.6 Å². The number of ether oxygens (including phenoxy) is 1. The number of rotatable bonds is 4. The lowest BCUT2D eigenvalue weighted by Gasteiger charge is -2.49. The molecule has 2 fully saturated rings. The molecule has 88 valence electrons. The number of hydrogen-bond donors (Lipinski definition) is 2. The van der Waals surface area contributed by atoms with Gasteiger partial charge in [-0.05, 0) is 38.0 Å². The summed E-state index contributed by atoms with van der Waals surface area (Å²) in [6.45, 7) is 4.20. The highest BCUT2D eigenvalue weighted by atomic mass is 16.5. The summed E-state index contributed by atoms with van der Waals surface area (Å²) in [7, 11) is 0. The van der Waals surface area contributed by atoms with Gasteiger partial charge in [0, 0.05) is 25.2 Å². The van der Waals surface area contributed by atoms with Crippen LogP contribution < -0.4 is 5.73 Å². The van der Waals surface area contributed by atoms with E-state index in [-0.39, 0.29) is 5.41 Å². The van der Waals surface area contributed by atoms with Crippen molar-refractivity contribution in [3.8, 4) is 0 Å². The second kappa shape index (κ2) is 4.04. The summed E-state index contributed by atoms with van der Waals surface area (Å²) in [6.07, 6.45) is 5.02. The van der Waals surface area contributed by atoms with Crippen molar-refractivity contribution in [2.75, 3.05) is 19.8 Å². The molecule has 1 saturated carbocycles. The monoisotopic (exact) mass is 213 g/mol. The highest BCUT2D eigenvalue weighted by Gasteiger charge is 2.56. The molecular formula is C12H23NO2. The Morgan fingerprint density at radius 1 is 1.40 bits per heavy atom. The van der Waals surface area contributed by atoms with Crippen LogP contribution in [0, 0.1) is 11.3 Å². The van der Waals surface area contributed by atoms with Gasteiger partial charge >= 0.3 is 0 Å². The van der Waals surface area contributed by atoms with Crippen LogP contribution in [-0.4, -0.2) is 30.5 Å². The molecule has 0 radical (unpaired) electrons. The van der Waals surface area contributed by atoms with Crippen molar-refractivity contribution in [2.45, 2.75) is 44.6 Å². The SMILES string of the molecule is CCC(O)(C1CC1)C1(CN)CCOCC1. The van der Waals surface area contributed by atoms with E-state index < -0.39 is 5.60 Å². The van der Waals surface area contributed by atoms with Crippen molar-refractivity contribution in [1.82, 2.24) is 0 Å². The minimum absolute atomic E-state index is 0.0822. The summed E-state index contributed by atoms with van der Waals surface area (Å²) in [5.74, 6) is 0.490. The van der Waals surface area contributed by atoms with E-state index in [0.717, 1.165) is 32.5 Å². The van der Waals surface area contributed by atoms with E-state index in [1.54, 1.807) is 0 Å². The number of aliphatic hydroxyl groups is 1. The van der Waals surface area contributed by atoms with E-state index in [0.29, 0.717) is 12.5 Å². The van der Waals surface area contributed by atoms with Gasteiger partial charge in [0.25, 0.3) is 0 Å². The molecule has 0 aromatic rings. The average molecular weight is 213 g/mol. The van der Waals surface area contributed by atoms with E-state index >= 15 is 0 Å². The van der Waals surface area contributed by atoms with Crippen molar-refractivity contribution in [1.29, 1.82) is 0 Å². The second-order valence-corrected chi connectivity index (χ2v) is 5.15. The Morgan fingerprint density at radius 2 is 2.00 bits per heavy atom. The van der Waals surface area contributed by atoms with Gasteiger partial charge in [-0.2, -0.15) is 0 Å². The Labute approximate surface area is 92.0 Å². The summed E-state index contributed by atoms with van der Waals surface area (Å²) in [5, 5.41) is 10.9. The molecule has 3 nitrogen and oxygen atoms in total. The smallest absolute Gasteiger partial charge is 0.0742 e. The van der Waals surface area contributed by atoms with Crippen molar-refractivity contribution in [3.63, 3.8) is 0 Å². The predicted octanol–water partition coefficient (Wildman–Crippen LogP) is 1.29. The average Bonchev–Trinajstić information content (AvgIpc) is 3.13. The molecule has 2 rings (SSSR count). The molecule has 3 heteroatoms. The van der Waals surface area contributed by atoms with E-state index in [1.165, 1.54) is 12.8 Å². The van der Waals surface area contributed by atoms with Crippen LogP contribution in [0.2, 0.25) is 0 Å². The maximum atomic E-state index is 10.9. The van der Waals surface area contributed by atoms with Crippen molar-refractivity contribution < 1.29 is 9.84 Å². The van der Waals surface area contributed by atoms with Crippen molar-refractivity contribution in [3.05, 3.63) is 0 Å². The molecule has 0 bridgehead atoms. The first-order valence-corrected chi connectivity index (χ1v) is 6.19. The fraction of sp³-hybridized carbons (Fsp3) is 1.00. The highest BCUT2D eigenvalue weighted by molar-refractivity contribution is 5.07. The lowest BCUT2D eigenvalue weighted by molar-refractivity contribution is -0.143. The van der Waals surface area contributed by atoms with Gasteiger partial charge in [-0.15, -0.1) is 0 Å². The lowest BCUT2D eigenvalue weighted by atomic mass is 9.63. The summed E-state index contributed by atoms with van der Waals surface area (Å²) < 4.78 is 5.40. The van der Waals surface area contributed by atoms with Gasteiger partial charge in [0.15, 0.2) is 0 Å². The Kier molecular flexibility index (Phi) is 3.06. The maximum absolute atomic E-state index is 10.9. The Balaban J connectivity index is 2.21. The first kappa shape index (κ1) is 11.4. The molecule has 0 spiro atoms. The number of nitrogens with two attached hydrogens (primary N) is 1. The molecular weight excluding hydrogens is 190 g/mol. The molecule has 1 atom stereocenters. The topological polar surface area (TPSA) is 55.5 Å². The maximum Gasteiger partial charge on any atom is 0.0742 e. The molecule has 3 N–H and O–H groups in total. The molecule has 1 saturated heterocycles. The van der Waals surface area contributed by atoms with Crippen LogP contribution >= 0.6 is 0 Å². The Hall–Kier alpha value is -0.120. The van der Waals surface area contributed by atoms with Crippen LogP contribution in [0.3, 0.4) is 0 Å². The molecule has 1 unspecified atom stereocenters. The predicted molar refractivity (Wildman–Crippen MR) is 59.5 cm³/mol. The Morgan fingerprint density at radius 3 is 2.40 bits per heavy atom. The van der Waals surface area contributed by atoms with E-state index in [9.17, 15) is 5.11 Å². The van der Waals surface area contributed by atoms with E-state index in [2.05, 4.69) is 6.92 Å². The Bertz CT molecular complexity index is 222. The molecule has 15 heavy (non-hydrogen) atoms. The third kappa shape index (κ3) is 1.71. The third-order valence-corrected chi connectivity index (χ3v) is 4.55. The van der Waals surface area contributed by atoms with Crippen LogP contribution in [0.15, 0.2) is 0 Å². The van der Waals surface area contributed by atoms with Gasteiger partial charge in [0.1, 0.15) is 0 Å². The molecule has 0 aromatic carbocycles. The van der Waals surface area contributed by atoms with Gasteiger partial charge in [-0.1, -0.05) is 6.92 Å². The van der Waals surface area contributed by atoms with Crippen LogP contribution in [-0.2, 0) is 4.74 Å². The molecule has 1 heterocycles. The zero-order valence-corrected chi connectivity index (χ0v) is 9.67. The van der Waals surface area contributed by atoms with Gasteiger partial charge in [0.2, 0.25) is 0 Å². The van der Waals surface area contributed by atoms with Crippen LogP contribution in [0.5, 0.6) is 0 Å². The first-order chi connectivity index (χ1) is 7.18. The van der Waals surface area contributed by atoms with Gasteiger partial charge in [-0.3, -0.25) is 0 Å². The molecule has 0 amide bonds. The fourth-order valence-corrected chi connectivity index (χ4v) is 3.23. The molecule has 2 aliphatic rings. The quantitative estimate of drug-likeness (QED) is 0.740. The second-order valence-electron chi connectivity index (χ2n) is 5.15. The summed E-state index contributed by atoms with van der Waals surface area (Å²) in [4.78, 5) is 0. The zero-order valence-electron chi connectivity index (χ0n) is 9.67. The van der Waals surface area contributed by atoms with E-state index in [1.807, 2.05) is 0 Å². The summed E-state index contributed by atoms with van der Waals surface area (Å²) in [6, 6.07) is 0. The zero-order chi connectivity index (χ0) is 10.9. The van der Waals surface area contributed by atoms with Crippen LogP contribution in [0.4, 0.5) is 0 Å². The minimum atomic E-state index is -0.536. The van der Waals surface area contributed by atoms with Crippen molar-refractivity contribution >= 4 is 0 Å². The van der Waals surface area contributed by atoms with Crippen molar-refractivity contribution in [2.24, 2.45) is 17.1 Å². The molecule has 1 aliphatic carbocycles.